The molecule has 0 saturated carbocycles. The molecule has 1 N–H and O–H groups in total. The lowest BCUT2D eigenvalue weighted by Gasteiger charge is -2.37. The van der Waals surface area contributed by atoms with Crippen LogP contribution in [0, 0.1) is 12.8 Å². The molecule has 1 aromatic carbocycles. The summed E-state index contributed by atoms with van der Waals surface area (Å²) in [6.07, 6.45) is 5.12. The van der Waals surface area contributed by atoms with Crippen molar-refractivity contribution in [1.29, 1.82) is 0 Å². The van der Waals surface area contributed by atoms with Crippen LogP contribution in [0.1, 0.15) is 35.6 Å². The van der Waals surface area contributed by atoms with Gasteiger partial charge in [-0.15, -0.1) is 0 Å². The second-order valence-corrected chi connectivity index (χ2v) is 7.25. The zero-order valence-electron chi connectivity index (χ0n) is 13.7. The lowest BCUT2D eigenvalue weighted by Crippen LogP contribution is -2.39. The SMILES string of the molecule is Cc1cnccc1C(c1cccc(Br)c1)N1CCC(C(=O)O)CC1. The van der Waals surface area contributed by atoms with Crippen LogP contribution in [0.2, 0.25) is 0 Å². The Bertz CT molecular complexity index is 727. The molecule has 1 aliphatic heterocycles. The van der Waals surface area contributed by atoms with Crippen LogP contribution in [-0.2, 0) is 4.79 Å². The number of nitrogens with zero attached hydrogens (tertiary/aromatic N) is 2. The first kappa shape index (κ1) is 17.1. The summed E-state index contributed by atoms with van der Waals surface area (Å²) in [5, 5.41) is 9.24. The molecule has 1 aromatic heterocycles. The number of hydrogen-bond donors (Lipinski definition) is 1. The molecule has 3 rings (SSSR count). The largest absolute Gasteiger partial charge is 0.481 e. The summed E-state index contributed by atoms with van der Waals surface area (Å²) in [5.41, 5.74) is 3.60. The van der Waals surface area contributed by atoms with E-state index < -0.39 is 5.97 Å². The number of benzene rings is 1. The number of hydrogen-bond acceptors (Lipinski definition) is 3. The second-order valence-electron chi connectivity index (χ2n) is 6.34. The monoisotopic (exact) mass is 388 g/mol. The van der Waals surface area contributed by atoms with Crippen molar-refractivity contribution in [1.82, 2.24) is 9.88 Å². The maximum Gasteiger partial charge on any atom is 0.306 e. The number of likely N-dealkylation sites (tertiary alicyclic amines) is 1. The van der Waals surface area contributed by atoms with Crippen LogP contribution >= 0.6 is 15.9 Å². The molecular weight excluding hydrogens is 368 g/mol. The zero-order valence-corrected chi connectivity index (χ0v) is 15.2. The van der Waals surface area contributed by atoms with Gasteiger partial charge in [0.25, 0.3) is 0 Å². The van der Waals surface area contributed by atoms with Gasteiger partial charge in [-0.2, -0.15) is 0 Å². The number of halogens is 1. The van der Waals surface area contributed by atoms with E-state index in [4.69, 9.17) is 0 Å². The Kier molecular flexibility index (Phi) is 5.31. The van der Waals surface area contributed by atoms with Crippen molar-refractivity contribution in [2.75, 3.05) is 13.1 Å². The van der Waals surface area contributed by atoms with E-state index in [0.29, 0.717) is 12.8 Å². The highest BCUT2D eigenvalue weighted by molar-refractivity contribution is 9.10. The summed E-state index contributed by atoms with van der Waals surface area (Å²) < 4.78 is 1.05. The summed E-state index contributed by atoms with van der Waals surface area (Å²) in [6.45, 7) is 3.66. The molecule has 1 unspecified atom stereocenters. The van der Waals surface area contributed by atoms with E-state index in [2.05, 4.69) is 50.9 Å². The molecular formula is C19H21BrN2O2. The van der Waals surface area contributed by atoms with Crippen LogP contribution in [0.3, 0.4) is 0 Å². The average molecular weight is 389 g/mol. The molecule has 1 aliphatic rings. The Morgan fingerprint density at radius 1 is 1.33 bits per heavy atom. The predicted molar refractivity (Wildman–Crippen MR) is 96.9 cm³/mol. The van der Waals surface area contributed by atoms with Crippen molar-refractivity contribution in [3.05, 3.63) is 63.9 Å². The van der Waals surface area contributed by atoms with E-state index >= 15 is 0 Å². The van der Waals surface area contributed by atoms with Crippen molar-refractivity contribution < 1.29 is 9.90 Å². The number of piperidine rings is 1. The van der Waals surface area contributed by atoms with Gasteiger partial charge in [-0.05, 0) is 67.7 Å². The fourth-order valence-corrected chi connectivity index (χ4v) is 3.88. The van der Waals surface area contributed by atoms with E-state index in [0.717, 1.165) is 23.1 Å². The number of pyridine rings is 1. The molecule has 5 heteroatoms. The van der Waals surface area contributed by atoms with Gasteiger partial charge in [0.15, 0.2) is 0 Å². The van der Waals surface area contributed by atoms with Crippen molar-refractivity contribution in [2.24, 2.45) is 5.92 Å². The highest BCUT2D eigenvalue weighted by Crippen LogP contribution is 2.34. The van der Waals surface area contributed by atoms with Crippen LogP contribution < -0.4 is 0 Å². The molecule has 0 radical (unpaired) electrons. The Morgan fingerprint density at radius 2 is 2.08 bits per heavy atom. The maximum absolute atomic E-state index is 11.2. The smallest absolute Gasteiger partial charge is 0.306 e. The molecule has 4 nitrogen and oxygen atoms in total. The van der Waals surface area contributed by atoms with Crippen molar-refractivity contribution in [2.45, 2.75) is 25.8 Å². The van der Waals surface area contributed by atoms with E-state index in [-0.39, 0.29) is 12.0 Å². The third kappa shape index (κ3) is 3.68. The third-order valence-electron chi connectivity index (χ3n) is 4.77. The standard InChI is InChI=1S/C19H21BrN2O2/c1-13-12-21-8-5-17(13)18(15-3-2-4-16(20)11-15)22-9-6-14(7-10-22)19(23)24/h2-5,8,11-12,14,18H,6-7,9-10H2,1H3,(H,23,24). The summed E-state index contributed by atoms with van der Waals surface area (Å²) >= 11 is 3.57. The number of carboxylic acids is 1. The van der Waals surface area contributed by atoms with E-state index in [9.17, 15) is 9.90 Å². The van der Waals surface area contributed by atoms with Crippen LogP contribution in [0.15, 0.2) is 47.2 Å². The lowest BCUT2D eigenvalue weighted by atomic mass is 9.90. The minimum Gasteiger partial charge on any atom is -0.481 e. The van der Waals surface area contributed by atoms with Crippen molar-refractivity contribution >= 4 is 21.9 Å². The molecule has 1 fully saturated rings. The third-order valence-corrected chi connectivity index (χ3v) is 5.26. The normalized spacial score (nSPS) is 17.6. The van der Waals surface area contributed by atoms with Crippen molar-refractivity contribution in [3.8, 4) is 0 Å². The van der Waals surface area contributed by atoms with E-state index in [1.165, 1.54) is 11.1 Å². The van der Waals surface area contributed by atoms with Gasteiger partial charge in [0.05, 0.1) is 12.0 Å². The zero-order chi connectivity index (χ0) is 17.1. The van der Waals surface area contributed by atoms with Gasteiger partial charge < -0.3 is 5.11 Å². The first-order valence-electron chi connectivity index (χ1n) is 8.19. The molecule has 0 spiro atoms. The molecule has 0 aliphatic carbocycles. The number of aryl methyl sites for hydroxylation is 1. The molecule has 1 atom stereocenters. The molecule has 0 amide bonds. The number of carboxylic acid groups (broad SMARTS) is 1. The fourth-order valence-electron chi connectivity index (χ4n) is 3.46. The predicted octanol–water partition coefficient (Wildman–Crippen LogP) is 4.04. The molecule has 2 aromatic rings. The molecule has 24 heavy (non-hydrogen) atoms. The Balaban J connectivity index is 1.95. The Labute approximate surface area is 150 Å². The summed E-state index contributed by atoms with van der Waals surface area (Å²) in [7, 11) is 0. The number of carbonyl (C=O) groups is 1. The van der Waals surface area contributed by atoms with E-state index in [1.807, 2.05) is 24.5 Å². The van der Waals surface area contributed by atoms with Gasteiger partial charge in [0.2, 0.25) is 0 Å². The van der Waals surface area contributed by atoms with Gasteiger partial charge in [-0.3, -0.25) is 14.7 Å². The topological polar surface area (TPSA) is 53.4 Å². The molecule has 1 saturated heterocycles. The van der Waals surface area contributed by atoms with Crippen LogP contribution in [0.4, 0.5) is 0 Å². The number of rotatable bonds is 4. The Hall–Kier alpha value is -1.72. The van der Waals surface area contributed by atoms with Crippen LogP contribution in [0.25, 0.3) is 0 Å². The van der Waals surface area contributed by atoms with Crippen LogP contribution in [0.5, 0.6) is 0 Å². The van der Waals surface area contributed by atoms with Gasteiger partial charge in [0.1, 0.15) is 0 Å². The maximum atomic E-state index is 11.2. The first-order valence-corrected chi connectivity index (χ1v) is 8.98. The summed E-state index contributed by atoms with van der Waals surface area (Å²) in [5.74, 6) is -0.892. The highest BCUT2D eigenvalue weighted by atomic mass is 79.9. The molecule has 126 valence electrons. The lowest BCUT2D eigenvalue weighted by molar-refractivity contribution is -0.143. The number of aromatic nitrogens is 1. The minimum absolute atomic E-state index is 0.125. The Morgan fingerprint density at radius 3 is 2.71 bits per heavy atom. The first-order chi connectivity index (χ1) is 11.6. The van der Waals surface area contributed by atoms with Gasteiger partial charge in [0, 0.05) is 16.9 Å². The molecule has 2 heterocycles. The summed E-state index contributed by atoms with van der Waals surface area (Å²) in [4.78, 5) is 17.8. The van der Waals surface area contributed by atoms with Gasteiger partial charge in [-0.25, -0.2) is 0 Å². The molecule has 0 bridgehead atoms. The minimum atomic E-state index is -0.672. The second kappa shape index (κ2) is 7.45. The average Bonchev–Trinajstić information content (AvgIpc) is 2.57. The van der Waals surface area contributed by atoms with Gasteiger partial charge >= 0.3 is 5.97 Å². The fraction of sp³-hybridized carbons (Fsp3) is 0.368. The quantitative estimate of drug-likeness (QED) is 0.858. The van der Waals surface area contributed by atoms with Crippen LogP contribution in [-0.4, -0.2) is 34.0 Å². The summed E-state index contributed by atoms with van der Waals surface area (Å²) in [6, 6.07) is 10.6. The number of aliphatic carboxylic acids is 1. The van der Waals surface area contributed by atoms with E-state index in [1.54, 1.807) is 0 Å². The van der Waals surface area contributed by atoms with Gasteiger partial charge in [-0.1, -0.05) is 28.1 Å². The van der Waals surface area contributed by atoms with Crippen molar-refractivity contribution in [3.63, 3.8) is 0 Å². The highest BCUT2D eigenvalue weighted by Gasteiger charge is 2.30.